The Hall–Kier alpha value is -3.03. The van der Waals surface area contributed by atoms with Gasteiger partial charge in [0, 0.05) is 5.69 Å². The standard InChI is InChI=1S/C19H17F2N3O4S/c1-10(2)15-9-28-18-16(29(26,27)24-15)6-5-14(21)17(18)19(25)23-12-3-4-13(20)11(7-12)8-22/h3-7,10,15,24H,9H2,1-2H3,(H,23,25). The lowest BCUT2D eigenvalue weighted by Crippen LogP contribution is -2.40. The van der Waals surface area contributed by atoms with Gasteiger partial charge in [0.15, 0.2) is 5.75 Å². The van der Waals surface area contributed by atoms with E-state index in [0.717, 1.165) is 24.3 Å². The van der Waals surface area contributed by atoms with Crippen molar-refractivity contribution >= 4 is 21.6 Å². The number of ether oxygens (including phenoxy) is 1. The molecule has 1 aliphatic heterocycles. The summed E-state index contributed by atoms with van der Waals surface area (Å²) in [7, 11) is -4.05. The Morgan fingerprint density at radius 3 is 2.62 bits per heavy atom. The van der Waals surface area contributed by atoms with Crippen molar-refractivity contribution in [2.24, 2.45) is 5.92 Å². The van der Waals surface area contributed by atoms with Crippen molar-refractivity contribution in [3.05, 3.63) is 53.1 Å². The highest BCUT2D eigenvalue weighted by Crippen LogP contribution is 2.33. The van der Waals surface area contributed by atoms with Crippen LogP contribution in [0.2, 0.25) is 0 Å². The fourth-order valence-electron chi connectivity index (χ4n) is 2.79. The maximum absolute atomic E-state index is 14.5. The second-order valence-electron chi connectivity index (χ2n) is 6.79. The average molecular weight is 421 g/mol. The Labute approximate surface area is 166 Å². The molecular formula is C19H17F2N3O4S. The molecular weight excluding hydrogens is 404 g/mol. The molecule has 7 nitrogen and oxygen atoms in total. The summed E-state index contributed by atoms with van der Waals surface area (Å²) in [4.78, 5) is 12.3. The lowest BCUT2D eigenvalue weighted by Gasteiger charge is -2.18. The van der Waals surface area contributed by atoms with E-state index < -0.39 is 44.9 Å². The van der Waals surface area contributed by atoms with Crippen molar-refractivity contribution in [3.63, 3.8) is 0 Å². The van der Waals surface area contributed by atoms with Crippen LogP contribution >= 0.6 is 0 Å². The summed E-state index contributed by atoms with van der Waals surface area (Å²) < 4.78 is 61.3. The topological polar surface area (TPSA) is 108 Å². The van der Waals surface area contributed by atoms with Gasteiger partial charge in [-0.3, -0.25) is 4.79 Å². The minimum absolute atomic E-state index is 0.0413. The van der Waals surface area contributed by atoms with Gasteiger partial charge in [0.1, 0.15) is 34.8 Å². The molecule has 29 heavy (non-hydrogen) atoms. The molecule has 3 rings (SSSR count). The van der Waals surface area contributed by atoms with E-state index in [0.29, 0.717) is 0 Å². The Morgan fingerprint density at radius 1 is 1.28 bits per heavy atom. The van der Waals surface area contributed by atoms with Crippen molar-refractivity contribution < 1.29 is 26.7 Å². The number of benzene rings is 2. The monoisotopic (exact) mass is 421 g/mol. The van der Waals surface area contributed by atoms with E-state index in [-0.39, 0.29) is 28.7 Å². The number of nitrogens with zero attached hydrogens (tertiary/aromatic N) is 1. The number of fused-ring (bicyclic) bond motifs is 1. The molecule has 1 amide bonds. The highest BCUT2D eigenvalue weighted by Gasteiger charge is 2.34. The quantitative estimate of drug-likeness (QED) is 0.792. The van der Waals surface area contributed by atoms with Crippen LogP contribution in [0.3, 0.4) is 0 Å². The molecule has 2 N–H and O–H groups in total. The maximum atomic E-state index is 14.5. The molecule has 0 spiro atoms. The summed E-state index contributed by atoms with van der Waals surface area (Å²) in [5, 5.41) is 11.2. The average Bonchev–Trinajstić information content (AvgIpc) is 2.79. The normalized spacial score (nSPS) is 17.6. The van der Waals surface area contributed by atoms with Crippen molar-refractivity contribution in [1.82, 2.24) is 4.72 Å². The first-order chi connectivity index (χ1) is 13.6. The van der Waals surface area contributed by atoms with Gasteiger partial charge in [-0.05, 0) is 36.2 Å². The molecule has 0 bridgehead atoms. The number of sulfonamides is 1. The third-order valence-corrected chi connectivity index (χ3v) is 5.96. The first kappa shape index (κ1) is 20.7. The minimum atomic E-state index is -4.05. The Kier molecular flexibility index (Phi) is 5.55. The number of anilines is 1. The molecule has 0 saturated heterocycles. The first-order valence-corrected chi connectivity index (χ1v) is 10.1. The van der Waals surface area contributed by atoms with Gasteiger partial charge in [-0.25, -0.2) is 21.9 Å². The highest BCUT2D eigenvalue weighted by atomic mass is 32.2. The summed E-state index contributed by atoms with van der Waals surface area (Å²) in [6, 6.07) is 6.21. The van der Waals surface area contributed by atoms with Crippen LogP contribution in [-0.2, 0) is 10.0 Å². The molecule has 1 aliphatic rings. The van der Waals surface area contributed by atoms with Crippen LogP contribution in [0.15, 0.2) is 35.2 Å². The summed E-state index contributed by atoms with van der Waals surface area (Å²) in [5.41, 5.74) is -0.863. The van der Waals surface area contributed by atoms with Crippen molar-refractivity contribution in [2.45, 2.75) is 24.8 Å². The van der Waals surface area contributed by atoms with E-state index in [2.05, 4.69) is 10.0 Å². The Balaban J connectivity index is 2.04. The van der Waals surface area contributed by atoms with Crippen LogP contribution in [-0.4, -0.2) is 27.0 Å². The Morgan fingerprint density at radius 2 is 1.97 bits per heavy atom. The predicted octanol–water partition coefficient (Wildman–Crippen LogP) is 2.78. The van der Waals surface area contributed by atoms with E-state index in [9.17, 15) is 22.0 Å². The molecule has 1 unspecified atom stereocenters. The zero-order chi connectivity index (χ0) is 21.3. The molecule has 1 atom stereocenters. The van der Waals surface area contributed by atoms with Gasteiger partial charge in [-0.15, -0.1) is 0 Å². The first-order valence-electron chi connectivity index (χ1n) is 8.62. The number of nitrogens with one attached hydrogen (secondary N) is 2. The van der Waals surface area contributed by atoms with E-state index in [4.69, 9.17) is 10.00 Å². The van der Waals surface area contributed by atoms with Crippen LogP contribution in [0.4, 0.5) is 14.5 Å². The number of amides is 1. The minimum Gasteiger partial charge on any atom is -0.490 e. The van der Waals surface area contributed by atoms with Crippen molar-refractivity contribution in [3.8, 4) is 11.8 Å². The summed E-state index contributed by atoms with van der Waals surface area (Å²) in [6.07, 6.45) is 0. The Bertz CT molecular complexity index is 1130. The zero-order valence-corrected chi connectivity index (χ0v) is 16.3. The fraction of sp³-hybridized carbons (Fsp3) is 0.263. The van der Waals surface area contributed by atoms with Gasteiger partial charge in [0.05, 0.1) is 11.6 Å². The molecule has 2 aromatic carbocycles. The second-order valence-corrected chi connectivity index (χ2v) is 8.48. The number of carbonyl (C=O) groups is 1. The molecule has 10 heteroatoms. The largest absolute Gasteiger partial charge is 0.490 e. The SMILES string of the molecule is CC(C)C1COc2c(ccc(F)c2C(=O)Nc2ccc(F)c(C#N)c2)S(=O)(=O)N1. The number of halogens is 2. The van der Waals surface area contributed by atoms with Gasteiger partial charge < -0.3 is 10.1 Å². The fourth-order valence-corrected chi connectivity index (χ4v) is 4.30. The van der Waals surface area contributed by atoms with Crippen LogP contribution in [0.5, 0.6) is 5.75 Å². The smallest absolute Gasteiger partial charge is 0.262 e. The molecule has 0 aliphatic carbocycles. The van der Waals surface area contributed by atoms with E-state index >= 15 is 0 Å². The summed E-state index contributed by atoms with van der Waals surface area (Å²) in [5.74, 6) is -3.26. The summed E-state index contributed by atoms with van der Waals surface area (Å²) >= 11 is 0. The van der Waals surface area contributed by atoms with Gasteiger partial charge in [-0.2, -0.15) is 5.26 Å². The molecule has 152 valence electrons. The number of carbonyl (C=O) groups excluding carboxylic acids is 1. The van der Waals surface area contributed by atoms with Crippen LogP contribution in [0.25, 0.3) is 0 Å². The molecule has 0 aromatic heterocycles. The molecule has 1 heterocycles. The third-order valence-electron chi connectivity index (χ3n) is 4.45. The van der Waals surface area contributed by atoms with Gasteiger partial charge >= 0.3 is 0 Å². The zero-order valence-electron chi connectivity index (χ0n) is 15.5. The lowest BCUT2D eigenvalue weighted by molar-refractivity contribution is 0.101. The van der Waals surface area contributed by atoms with Crippen molar-refractivity contribution in [1.29, 1.82) is 5.26 Å². The number of hydrogen-bond donors (Lipinski definition) is 2. The highest BCUT2D eigenvalue weighted by molar-refractivity contribution is 7.89. The molecule has 2 aromatic rings. The van der Waals surface area contributed by atoms with Crippen LogP contribution < -0.4 is 14.8 Å². The second kappa shape index (κ2) is 7.77. The predicted molar refractivity (Wildman–Crippen MR) is 99.9 cm³/mol. The van der Waals surface area contributed by atoms with E-state index in [1.165, 1.54) is 6.07 Å². The molecule has 0 fully saturated rings. The lowest BCUT2D eigenvalue weighted by atomic mass is 10.1. The van der Waals surface area contributed by atoms with Crippen LogP contribution in [0.1, 0.15) is 29.8 Å². The van der Waals surface area contributed by atoms with E-state index in [1.54, 1.807) is 19.9 Å². The maximum Gasteiger partial charge on any atom is 0.262 e. The van der Waals surface area contributed by atoms with Gasteiger partial charge in [0.25, 0.3) is 5.91 Å². The van der Waals surface area contributed by atoms with Crippen LogP contribution in [0, 0.1) is 28.9 Å². The number of rotatable bonds is 3. The van der Waals surface area contributed by atoms with Gasteiger partial charge in [0.2, 0.25) is 10.0 Å². The van der Waals surface area contributed by atoms with Crippen molar-refractivity contribution in [2.75, 3.05) is 11.9 Å². The summed E-state index contributed by atoms with van der Waals surface area (Å²) in [6.45, 7) is 3.49. The molecule has 0 radical (unpaired) electrons. The third kappa shape index (κ3) is 4.06. The molecule has 0 saturated carbocycles. The van der Waals surface area contributed by atoms with E-state index in [1.807, 2.05) is 0 Å². The number of nitriles is 1. The number of hydrogen-bond acceptors (Lipinski definition) is 5. The van der Waals surface area contributed by atoms with Gasteiger partial charge in [-0.1, -0.05) is 13.8 Å².